The van der Waals surface area contributed by atoms with E-state index in [1.807, 2.05) is 0 Å². The summed E-state index contributed by atoms with van der Waals surface area (Å²) in [6.07, 6.45) is 1.11. The molecule has 2 heterocycles. The van der Waals surface area contributed by atoms with E-state index in [0.717, 1.165) is 0 Å². The highest BCUT2D eigenvalue weighted by Gasteiger charge is 2.35. The molecule has 0 aliphatic carbocycles. The number of nitrogens with zero attached hydrogens (tertiary/aromatic N) is 1. The number of fused-ring (bicyclic) bond motifs is 1. The van der Waals surface area contributed by atoms with Crippen LogP contribution in [0.2, 0.25) is 0 Å². The van der Waals surface area contributed by atoms with E-state index in [-0.39, 0.29) is 29.9 Å². The van der Waals surface area contributed by atoms with Crippen LogP contribution in [0.3, 0.4) is 0 Å². The van der Waals surface area contributed by atoms with Crippen LogP contribution < -0.4 is 24.8 Å². The Morgan fingerprint density at radius 2 is 2.00 bits per heavy atom. The lowest BCUT2D eigenvalue weighted by atomic mass is 9.98. The fourth-order valence-corrected chi connectivity index (χ4v) is 5.89. The van der Waals surface area contributed by atoms with Gasteiger partial charge in [-0.3, -0.25) is 9.59 Å². The number of anilines is 2. The van der Waals surface area contributed by atoms with E-state index in [1.165, 1.54) is 24.6 Å². The molecule has 10 nitrogen and oxygen atoms in total. The second kappa shape index (κ2) is 9.51. The number of aryl methyl sites for hydroxylation is 1. The Hall–Kier alpha value is -3.31. The fourth-order valence-electron chi connectivity index (χ4n) is 4.14. The van der Waals surface area contributed by atoms with Gasteiger partial charge in [-0.25, -0.2) is 8.42 Å². The van der Waals surface area contributed by atoms with Crippen LogP contribution in [0.15, 0.2) is 35.2 Å². The Morgan fingerprint density at radius 3 is 2.74 bits per heavy atom. The second-order valence-corrected chi connectivity index (χ2v) is 10.1. The molecule has 2 aromatic carbocycles. The summed E-state index contributed by atoms with van der Waals surface area (Å²) >= 11 is 0. The van der Waals surface area contributed by atoms with Crippen LogP contribution >= 0.6 is 0 Å². The van der Waals surface area contributed by atoms with Gasteiger partial charge in [0.2, 0.25) is 15.9 Å². The second-order valence-electron chi connectivity index (χ2n) is 8.21. The lowest BCUT2D eigenvalue weighted by molar-refractivity contribution is -0.121. The van der Waals surface area contributed by atoms with Gasteiger partial charge in [-0.15, -0.1) is 0 Å². The van der Waals surface area contributed by atoms with E-state index in [9.17, 15) is 18.0 Å². The zero-order chi connectivity index (χ0) is 24.5. The number of hydrogen-bond acceptors (Lipinski definition) is 7. The summed E-state index contributed by atoms with van der Waals surface area (Å²) in [5, 5.41) is 5.53. The SMILES string of the molecule is COc1ccc(NC(=O)[C@@H]2CCCN(S(=O)(=O)c3cc4c(cc3C)NC(=O)CO4)C2)c(OC)c1. The molecular formula is C23H27N3O7S. The third-order valence-electron chi connectivity index (χ3n) is 5.95. The minimum Gasteiger partial charge on any atom is -0.497 e. The van der Waals surface area contributed by atoms with E-state index in [2.05, 4.69) is 10.6 Å². The fraction of sp³-hybridized carbons (Fsp3) is 0.391. The molecular weight excluding hydrogens is 462 g/mol. The average Bonchev–Trinajstić information content (AvgIpc) is 2.83. The summed E-state index contributed by atoms with van der Waals surface area (Å²) in [6.45, 7) is 1.86. The van der Waals surface area contributed by atoms with E-state index < -0.39 is 15.9 Å². The molecule has 1 fully saturated rings. The highest BCUT2D eigenvalue weighted by Crippen LogP contribution is 2.35. The number of ether oxygens (including phenoxy) is 3. The third kappa shape index (κ3) is 4.66. The Kier molecular flexibility index (Phi) is 6.67. The number of piperidine rings is 1. The van der Waals surface area contributed by atoms with Crippen molar-refractivity contribution in [1.82, 2.24) is 4.31 Å². The van der Waals surface area contributed by atoms with Gasteiger partial charge < -0.3 is 24.8 Å². The summed E-state index contributed by atoms with van der Waals surface area (Å²) in [5.41, 5.74) is 1.41. The molecule has 4 rings (SSSR count). The van der Waals surface area contributed by atoms with E-state index >= 15 is 0 Å². The number of nitrogens with one attached hydrogen (secondary N) is 2. The molecule has 2 N–H and O–H groups in total. The van der Waals surface area contributed by atoms with Crippen LogP contribution in [0.1, 0.15) is 18.4 Å². The minimum absolute atomic E-state index is 0.0563. The topological polar surface area (TPSA) is 123 Å². The summed E-state index contributed by atoms with van der Waals surface area (Å²) in [6, 6.07) is 8.08. The standard InChI is InChI=1S/C23H27N3O7S/c1-14-9-18-20(33-13-22(27)24-18)11-21(14)34(29,30)26-8-4-5-15(12-26)23(28)25-17-7-6-16(31-2)10-19(17)32-3/h6-7,9-11,15H,4-5,8,12-13H2,1-3H3,(H,24,27)(H,25,28)/t15-/m1/s1. The maximum absolute atomic E-state index is 13.5. The molecule has 11 heteroatoms. The van der Waals surface area contributed by atoms with Crippen molar-refractivity contribution in [2.24, 2.45) is 5.92 Å². The first-order chi connectivity index (χ1) is 16.2. The Balaban J connectivity index is 1.52. The predicted molar refractivity (Wildman–Crippen MR) is 125 cm³/mol. The lowest BCUT2D eigenvalue weighted by Gasteiger charge is -2.32. The number of carbonyl (C=O) groups excluding carboxylic acids is 2. The summed E-state index contributed by atoms with van der Waals surface area (Å²) in [5.74, 6) is 0.251. The molecule has 0 aromatic heterocycles. The first-order valence-electron chi connectivity index (χ1n) is 10.8. The van der Waals surface area contributed by atoms with Crippen LogP contribution in [-0.2, 0) is 19.6 Å². The van der Waals surface area contributed by atoms with Gasteiger partial charge >= 0.3 is 0 Å². The molecule has 1 saturated heterocycles. The van der Waals surface area contributed by atoms with Crippen molar-refractivity contribution < 1.29 is 32.2 Å². The zero-order valence-corrected chi connectivity index (χ0v) is 20.0. The van der Waals surface area contributed by atoms with Gasteiger partial charge in [0.1, 0.15) is 17.2 Å². The summed E-state index contributed by atoms with van der Waals surface area (Å²) < 4.78 is 44.2. The number of amides is 2. The first kappa shape index (κ1) is 23.8. The Labute approximate surface area is 198 Å². The van der Waals surface area contributed by atoms with Gasteiger partial charge in [-0.2, -0.15) is 4.31 Å². The van der Waals surface area contributed by atoms with Gasteiger partial charge in [-0.05, 0) is 43.5 Å². The molecule has 2 aliphatic heterocycles. The number of sulfonamides is 1. The van der Waals surface area contributed by atoms with Crippen LogP contribution in [0, 0.1) is 12.8 Å². The molecule has 34 heavy (non-hydrogen) atoms. The molecule has 1 atom stereocenters. The maximum Gasteiger partial charge on any atom is 0.262 e. The Bertz CT molecular complexity index is 1230. The smallest absolute Gasteiger partial charge is 0.262 e. The number of carbonyl (C=O) groups is 2. The average molecular weight is 490 g/mol. The van der Waals surface area contributed by atoms with E-state index in [0.29, 0.717) is 53.6 Å². The van der Waals surface area contributed by atoms with Crippen LogP contribution in [0.25, 0.3) is 0 Å². The van der Waals surface area contributed by atoms with Gasteiger partial charge in [0.15, 0.2) is 6.61 Å². The zero-order valence-electron chi connectivity index (χ0n) is 19.2. The molecule has 2 aromatic rings. The molecule has 2 aliphatic rings. The van der Waals surface area contributed by atoms with Gasteiger partial charge in [0.05, 0.1) is 36.4 Å². The van der Waals surface area contributed by atoms with Crippen molar-refractivity contribution in [1.29, 1.82) is 0 Å². The molecule has 2 amide bonds. The van der Waals surface area contributed by atoms with Crippen molar-refractivity contribution in [3.8, 4) is 17.2 Å². The van der Waals surface area contributed by atoms with Gasteiger partial charge in [0.25, 0.3) is 5.91 Å². The van der Waals surface area contributed by atoms with Crippen LogP contribution in [-0.4, -0.2) is 58.5 Å². The number of benzene rings is 2. The molecule has 0 bridgehead atoms. The molecule has 0 saturated carbocycles. The molecule has 182 valence electrons. The van der Waals surface area contributed by atoms with E-state index in [1.54, 1.807) is 31.2 Å². The largest absolute Gasteiger partial charge is 0.497 e. The van der Waals surface area contributed by atoms with Crippen LogP contribution in [0.5, 0.6) is 17.2 Å². The van der Waals surface area contributed by atoms with Gasteiger partial charge in [-0.1, -0.05) is 0 Å². The third-order valence-corrected chi connectivity index (χ3v) is 7.96. The maximum atomic E-state index is 13.5. The highest BCUT2D eigenvalue weighted by molar-refractivity contribution is 7.89. The number of rotatable bonds is 6. The van der Waals surface area contributed by atoms with Crippen LogP contribution in [0.4, 0.5) is 11.4 Å². The lowest BCUT2D eigenvalue weighted by Crippen LogP contribution is -2.44. The van der Waals surface area contributed by atoms with Crippen molar-refractivity contribution >= 4 is 33.2 Å². The monoisotopic (exact) mass is 489 g/mol. The summed E-state index contributed by atoms with van der Waals surface area (Å²) in [7, 11) is -0.848. The Morgan fingerprint density at radius 1 is 1.21 bits per heavy atom. The predicted octanol–water partition coefficient (Wildman–Crippen LogP) is 2.38. The van der Waals surface area contributed by atoms with Crippen molar-refractivity contribution in [2.75, 3.05) is 44.5 Å². The molecule has 0 unspecified atom stereocenters. The molecule has 0 radical (unpaired) electrons. The highest BCUT2D eigenvalue weighted by atomic mass is 32.2. The van der Waals surface area contributed by atoms with Gasteiger partial charge in [0, 0.05) is 25.2 Å². The van der Waals surface area contributed by atoms with Crippen molar-refractivity contribution in [2.45, 2.75) is 24.7 Å². The first-order valence-corrected chi connectivity index (χ1v) is 12.3. The normalized spacial score (nSPS) is 18.3. The summed E-state index contributed by atoms with van der Waals surface area (Å²) in [4.78, 5) is 24.7. The van der Waals surface area contributed by atoms with E-state index in [4.69, 9.17) is 14.2 Å². The quantitative estimate of drug-likeness (QED) is 0.639. The molecule has 0 spiro atoms. The number of methoxy groups -OCH3 is 2. The van der Waals surface area contributed by atoms with Crippen molar-refractivity contribution in [3.05, 3.63) is 35.9 Å². The van der Waals surface area contributed by atoms with Crippen molar-refractivity contribution in [3.63, 3.8) is 0 Å². The number of hydrogen-bond donors (Lipinski definition) is 2. The minimum atomic E-state index is -3.88.